The van der Waals surface area contributed by atoms with Crippen molar-refractivity contribution >= 4 is 46.9 Å². The monoisotopic (exact) mass is 1270 g/mol. The molecule has 4 N–H and O–H groups in total. The Balaban J connectivity index is 1.17. The van der Waals surface area contributed by atoms with Gasteiger partial charge in [0.05, 0.1) is 83.8 Å². The fourth-order valence-corrected chi connectivity index (χ4v) is 10.7. The quantitative estimate of drug-likeness (QED) is 0.00917. The average molecular weight is 1270 g/mol. The van der Waals surface area contributed by atoms with Gasteiger partial charge in [0.1, 0.15) is 5.78 Å². The fourth-order valence-electron chi connectivity index (χ4n) is 10.7. The zero-order chi connectivity index (χ0) is 65.4. The molecule has 0 bridgehead atoms. The summed E-state index contributed by atoms with van der Waals surface area (Å²) >= 11 is 0. The van der Waals surface area contributed by atoms with E-state index in [1.807, 2.05) is 0 Å². The summed E-state index contributed by atoms with van der Waals surface area (Å²) in [5.74, 6) is -14.9. The number of rotatable bonds is 43. The van der Waals surface area contributed by atoms with E-state index in [1.54, 1.807) is 0 Å². The van der Waals surface area contributed by atoms with Crippen LogP contribution in [0.15, 0.2) is 18.2 Å². The van der Waals surface area contributed by atoms with Crippen LogP contribution in [0.3, 0.4) is 0 Å². The van der Waals surface area contributed by atoms with Gasteiger partial charge in [0, 0.05) is 75.9 Å². The number of ketones is 2. The van der Waals surface area contributed by atoms with Crippen molar-refractivity contribution in [3.8, 4) is 5.75 Å². The van der Waals surface area contributed by atoms with Crippen LogP contribution in [0.1, 0.15) is 179 Å². The fraction of sp³-hybridized carbons (Fsp3) is 0.703. The van der Waals surface area contributed by atoms with E-state index in [9.17, 15) is 55.5 Å². The molecule has 2 aliphatic rings. The molecule has 2 saturated heterocycles. The van der Waals surface area contributed by atoms with Crippen LogP contribution in [0.4, 0.5) is 27.6 Å². The molecule has 0 spiro atoms. The zero-order valence-electron chi connectivity index (χ0n) is 53.0. The van der Waals surface area contributed by atoms with Crippen molar-refractivity contribution < 1.29 is 98.1 Å². The Kier molecular flexibility index (Phi) is 35.0. The standard InChI is InChI=1S/C64H95F5N4O16/c1-9-50-39(3)41(5)59(71-43(7)74)63(87-50)85-34-32-83-30-28-81-26-19-21-49(77)45-36-46(62(80)70-25-27-82-29-31-84-33-35-86-64-60(72-44(8)75)42(6)40(4)51(10-2)88-64)38-47(37-45)73-52(78)24-23-48(76)20-17-15-13-11-12-14-16-18-22-53(79)89-61-57(68)55(66)54(65)56(67)58(61)69/h36-42,50-51,59-60,63-64H,9-35H2,1-8H3,(H,70,80)(H,71,74)(H,72,75)(H,73,78)/t39-,40-,41+,42+,50-,51-,59-,60-,63?,64?/m1/s1. The summed E-state index contributed by atoms with van der Waals surface area (Å²) in [5.41, 5.74) is 0.501. The molecule has 502 valence electrons. The molecule has 2 aliphatic heterocycles. The molecule has 0 aliphatic carbocycles. The third-order valence-corrected chi connectivity index (χ3v) is 16.1. The van der Waals surface area contributed by atoms with Crippen LogP contribution in [-0.4, -0.2) is 151 Å². The number of halogens is 5. The number of nitrogens with one attached hydrogen (secondary N) is 4. The average Bonchev–Trinajstić information content (AvgIpc) is 2.18. The van der Waals surface area contributed by atoms with E-state index in [-0.39, 0.29) is 199 Å². The molecule has 10 atom stereocenters. The van der Waals surface area contributed by atoms with Crippen molar-refractivity contribution in [2.24, 2.45) is 23.7 Å². The van der Waals surface area contributed by atoms with Gasteiger partial charge in [0.15, 0.2) is 18.4 Å². The molecular formula is C64H95F5N4O16. The van der Waals surface area contributed by atoms with Crippen LogP contribution >= 0.6 is 0 Å². The molecule has 0 saturated carbocycles. The molecule has 0 aromatic heterocycles. The summed E-state index contributed by atoms with van der Waals surface area (Å²) in [7, 11) is 0. The summed E-state index contributed by atoms with van der Waals surface area (Å²) in [6.45, 7) is 18.0. The molecule has 2 aromatic rings. The van der Waals surface area contributed by atoms with Crippen molar-refractivity contribution in [2.45, 2.75) is 195 Å². The molecule has 0 radical (unpaired) electrons. The topological polar surface area (TPSA) is 251 Å². The predicted octanol–water partition coefficient (Wildman–Crippen LogP) is 9.79. The first-order chi connectivity index (χ1) is 42.6. The largest absolute Gasteiger partial charge is 0.420 e. The molecular weight excluding hydrogens is 1180 g/mol. The molecule has 20 nitrogen and oxygen atoms in total. The first-order valence-corrected chi connectivity index (χ1v) is 31.5. The van der Waals surface area contributed by atoms with Gasteiger partial charge in [-0.3, -0.25) is 33.6 Å². The van der Waals surface area contributed by atoms with Crippen LogP contribution in [0.5, 0.6) is 5.75 Å². The van der Waals surface area contributed by atoms with Crippen LogP contribution in [0, 0.1) is 52.8 Å². The van der Waals surface area contributed by atoms with Gasteiger partial charge in [-0.1, -0.05) is 80.1 Å². The Morgan fingerprint density at radius 1 is 0.483 bits per heavy atom. The van der Waals surface area contributed by atoms with Crippen LogP contribution < -0.4 is 26.0 Å². The van der Waals surface area contributed by atoms with Crippen molar-refractivity contribution in [2.75, 3.05) is 77.9 Å². The summed E-state index contributed by atoms with van der Waals surface area (Å²) < 4.78 is 119. The number of anilines is 1. The van der Waals surface area contributed by atoms with Gasteiger partial charge in [0.2, 0.25) is 52.6 Å². The van der Waals surface area contributed by atoms with E-state index in [1.165, 1.54) is 32.0 Å². The molecule has 2 aromatic carbocycles. The maximum absolute atomic E-state index is 13.8. The SMILES string of the molecule is CC[C@H]1OC(OCCOCCOCCCC(=O)c2cc(NC(=O)CCC(=O)CCCCCCCCCCC(=O)Oc3c(F)c(F)c(F)c(F)c3F)cc(C(=O)NCCOCCOCCOC3O[C@H](CC)[C@H](C)[C@H](C)[C@H]3NC(C)=O)c2)[C@H](NC(C)=O)[C@@H](C)[C@H]1C. The van der Waals surface area contributed by atoms with Crippen molar-refractivity contribution in [3.05, 3.63) is 58.4 Å². The number of carbonyl (C=O) groups is 7. The third kappa shape index (κ3) is 26.3. The van der Waals surface area contributed by atoms with E-state index >= 15 is 0 Å². The minimum absolute atomic E-state index is 0.00369. The number of hydrogen-bond acceptors (Lipinski definition) is 16. The molecule has 4 rings (SSSR count). The number of esters is 1. The Labute approximate surface area is 520 Å². The molecule has 4 amide bonds. The maximum Gasteiger partial charge on any atom is 0.311 e. The molecule has 25 heteroatoms. The van der Waals surface area contributed by atoms with E-state index in [0.29, 0.717) is 25.7 Å². The second kappa shape index (κ2) is 41.0. The lowest BCUT2D eigenvalue weighted by molar-refractivity contribution is -0.239. The first kappa shape index (κ1) is 75.9. The maximum atomic E-state index is 13.8. The molecule has 2 heterocycles. The van der Waals surface area contributed by atoms with Crippen LogP contribution in [0.2, 0.25) is 0 Å². The van der Waals surface area contributed by atoms with Crippen LogP contribution in [0.25, 0.3) is 0 Å². The highest BCUT2D eigenvalue weighted by Gasteiger charge is 2.43. The van der Waals surface area contributed by atoms with E-state index in [2.05, 4.69) is 67.5 Å². The Morgan fingerprint density at radius 2 is 0.933 bits per heavy atom. The van der Waals surface area contributed by atoms with Crippen LogP contribution in [-0.2, 0) is 61.9 Å². The van der Waals surface area contributed by atoms with Gasteiger partial charge in [-0.15, -0.1) is 0 Å². The van der Waals surface area contributed by atoms with Gasteiger partial charge >= 0.3 is 5.97 Å². The van der Waals surface area contributed by atoms with Gasteiger partial charge in [0.25, 0.3) is 5.91 Å². The highest BCUT2D eigenvalue weighted by Crippen LogP contribution is 2.35. The third-order valence-electron chi connectivity index (χ3n) is 16.1. The Bertz CT molecular complexity index is 2440. The minimum Gasteiger partial charge on any atom is -0.420 e. The molecule has 89 heavy (non-hydrogen) atoms. The normalized spacial score (nSPS) is 21.7. The summed E-state index contributed by atoms with van der Waals surface area (Å²) in [4.78, 5) is 88.8. The minimum atomic E-state index is -2.35. The lowest BCUT2D eigenvalue weighted by atomic mass is 9.81. The number of amides is 4. The number of ether oxygens (including phenoxy) is 9. The molecule has 2 unspecified atom stereocenters. The van der Waals surface area contributed by atoms with Gasteiger partial charge in [-0.05, 0) is 74.0 Å². The smallest absolute Gasteiger partial charge is 0.311 e. The van der Waals surface area contributed by atoms with E-state index < -0.39 is 65.2 Å². The predicted molar refractivity (Wildman–Crippen MR) is 318 cm³/mol. The Morgan fingerprint density at radius 3 is 1.44 bits per heavy atom. The van der Waals surface area contributed by atoms with Crippen molar-refractivity contribution in [1.29, 1.82) is 0 Å². The number of Topliss-reactive ketones (excluding diaryl/α,β-unsaturated/α-hetero) is 2. The van der Waals surface area contributed by atoms with Gasteiger partial charge in [-0.25, -0.2) is 13.2 Å². The first-order valence-electron chi connectivity index (χ1n) is 31.5. The highest BCUT2D eigenvalue weighted by molar-refractivity contribution is 6.03. The highest BCUT2D eigenvalue weighted by atomic mass is 19.2. The van der Waals surface area contributed by atoms with Crippen molar-refractivity contribution in [3.63, 3.8) is 0 Å². The summed E-state index contributed by atoms with van der Waals surface area (Å²) in [6, 6.07) is 3.80. The number of carbonyl (C=O) groups excluding carboxylic acids is 7. The van der Waals surface area contributed by atoms with Crippen molar-refractivity contribution in [1.82, 2.24) is 16.0 Å². The lowest BCUT2D eigenvalue weighted by Crippen LogP contribution is -2.57. The van der Waals surface area contributed by atoms with E-state index in [4.69, 9.17) is 37.9 Å². The number of benzene rings is 2. The molecule has 2 fully saturated rings. The second-order valence-electron chi connectivity index (χ2n) is 22.9. The summed E-state index contributed by atoms with van der Waals surface area (Å²) in [5, 5.41) is 11.5. The lowest BCUT2D eigenvalue weighted by Gasteiger charge is -2.44. The number of unbranched alkanes of at least 4 members (excludes halogenated alkanes) is 7. The van der Waals surface area contributed by atoms with E-state index in [0.717, 1.165) is 38.5 Å². The second-order valence-corrected chi connectivity index (χ2v) is 22.9. The Hall–Kier alpha value is -5.54. The zero-order valence-corrected chi connectivity index (χ0v) is 53.0. The summed E-state index contributed by atoms with van der Waals surface area (Å²) in [6.07, 6.45) is 6.04. The van der Waals surface area contributed by atoms with Gasteiger partial charge < -0.3 is 63.9 Å². The van der Waals surface area contributed by atoms with Gasteiger partial charge in [-0.2, -0.15) is 8.78 Å². The number of hydrogen-bond donors (Lipinski definition) is 4.